The predicted molar refractivity (Wildman–Crippen MR) is 105 cm³/mol. The number of para-hydroxylation sites is 2. The highest BCUT2D eigenvalue weighted by Gasteiger charge is 2.26. The lowest BCUT2D eigenvalue weighted by Crippen LogP contribution is -2.47. The highest BCUT2D eigenvalue weighted by Crippen LogP contribution is 2.28. The van der Waals surface area contributed by atoms with Gasteiger partial charge in [0.2, 0.25) is 11.8 Å². The van der Waals surface area contributed by atoms with Gasteiger partial charge in [-0.05, 0) is 37.3 Å². The first kappa shape index (κ1) is 19.2. The van der Waals surface area contributed by atoms with Crippen molar-refractivity contribution in [2.45, 2.75) is 51.5 Å². The van der Waals surface area contributed by atoms with Crippen LogP contribution in [0.1, 0.15) is 45.4 Å². The number of benzene rings is 1. The zero-order valence-electron chi connectivity index (χ0n) is 15.8. The van der Waals surface area contributed by atoms with Crippen molar-refractivity contribution in [3.05, 3.63) is 24.3 Å². The Kier molecular flexibility index (Phi) is 6.32. The van der Waals surface area contributed by atoms with Crippen molar-refractivity contribution in [1.29, 1.82) is 0 Å². The number of rotatable bonds is 5. The highest BCUT2D eigenvalue weighted by atomic mass is 16.2. The number of carbonyl (C=O) groups excluding carboxylic acids is 3. The van der Waals surface area contributed by atoms with Gasteiger partial charge in [-0.1, -0.05) is 31.9 Å². The molecule has 1 aliphatic carbocycles. The lowest BCUT2D eigenvalue weighted by atomic mass is 9.86. The fraction of sp³-hybridized carbons (Fsp3) is 0.550. The molecule has 1 heterocycles. The van der Waals surface area contributed by atoms with Crippen molar-refractivity contribution in [3.63, 3.8) is 0 Å². The van der Waals surface area contributed by atoms with E-state index in [2.05, 4.69) is 22.9 Å². The van der Waals surface area contributed by atoms with Gasteiger partial charge >= 0.3 is 6.03 Å². The lowest BCUT2D eigenvalue weighted by Gasteiger charge is -2.29. The van der Waals surface area contributed by atoms with Crippen LogP contribution in [0.3, 0.4) is 0 Å². The summed E-state index contributed by atoms with van der Waals surface area (Å²) in [5.41, 5.74) is 1.31. The van der Waals surface area contributed by atoms with Gasteiger partial charge in [0.25, 0.3) is 0 Å². The van der Waals surface area contributed by atoms with Crippen LogP contribution in [-0.2, 0) is 9.59 Å². The van der Waals surface area contributed by atoms with Crippen LogP contribution < -0.4 is 20.9 Å². The van der Waals surface area contributed by atoms with E-state index in [0.29, 0.717) is 36.7 Å². The van der Waals surface area contributed by atoms with Gasteiger partial charge < -0.3 is 16.0 Å². The third-order valence-electron chi connectivity index (χ3n) is 5.33. The van der Waals surface area contributed by atoms with Gasteiger partial charge in [-0.2, -0.15) is 0 Å². The second kappa shape index (κ2) is 8.88. The van der Waals surface area contributed by atoms with E-state index in [4.69, 9.17) is 0 Å². The lowest BCUT2D eigenvalue weighted by molar-refractivity contribution is -0.122. The molecule has 146 valence electrons. The molecule has 1 saturated carbocycles. The first-order chi connectivity index (χ1) is 13.0. The van der Waals surface area contributed by atoms with E-state index >= 15 is 0 Å². The van der Waals surface area contributed by atoms with Crippen LogP contribution in [0.15, 0.2) is 24.3 Å². The maximum atomic E-state index is 12.4. The Bertz CT molecular complexity index is 706. The number of hydrogen-bond acceptors (Lipinski definition) is 3. The van der Waals surface area contributed by atoms with Gasteiger partial charge in [0, 0.05) is 19.0 Å². The summed E-state index contributed by atoms with van der Waals surface area (Å²) < 4.78 is 0. The average molecular weight is 372 g/mol. The van der Waals surface area contributed by atoms with Crippen molar-refractivity contribution in [2.75, 3.05) is 23.3 Å². The van der Waals surface area contributed by atoms with Crippen LogP contribution in [0.5, 0.6) is 0 Å². The molecule has 1 aromatic rings. The first-order valence-corrected chi connectivity index (χ1v) is 9.78. The molecule has 1 aliphatic heterocycles. The minimum atomic E-state index is -0.321. The molecule has 0 unspecified atom stereocenters. The summed E-state index contributed by atoms with van der Waals surface area (Å²) in [7, 11) is 0. The zero-order valence-corrected chi connectivity index (χ0v) is 15.8. The number of nitrogens with zero attached hydrogens (tertiary/aromatic N) is 1. The molecule has 0 bridgehead atoms. The number of anilines is 2. The van der Waals surface area contributed by atoms with Crippen LogP contribution in [0, 0.1) is 5.92 Å². The summed E-state index contributed by atoms with van der Waals surface area (Å²) in [6, 6.07) is 7.17. The second-order valence-corrected chi connectivity index (χ2v) is 7.42. The Balaban J connectivity index is 1.42. The molecule has 3 rings (SSSR count). The van der Waals surface area contributed by atoms with Crippen molar-refractivity contribution < 1.29 is 14.4 Å². The summed E-state index contributed by atoms with van der Waals surface area (Å²) in [5, 5.41) is 8.69. The van der Waals surface area contributed by atoms with Crippen LogP contribution in [0.25, 0.3) is 0 Å². The average Bonchev–Trinajstić information content (AvgIpc) is 2.66. The third kappa shape index (κ3) is 4.99. The topological polar surface area (TPSA) is 90.5 Å². The zero-order chi connectivity index (χ0) is 19.2. The van der Waals surface area contributed by atoms with Gasteiger partial charge in [-0.3, -0.25) is 14.5 Å². The molecule has 1 fully saturated rings. The summed E-state index contributed by atoms with van der Waals surface area (Å²) in [5.74, 6) is 0.364. The van der Waals surface area contributed by atoms with Crippen LogP contribution >= 0.6 is 0 Å². The van der Waals surface area contributed by atoms with Gasteiger partial charge in [-0.25, -0.2) is 4.79 Å². The molecular weight excluding hydrogens is 344 g/mol. The van der Waals surface area contributed by atoms with Gasteiger partial charge in [0.1, 0.15) is 6.54 Å². The van der Waals surface area contributed by atoms with Crippen LogP contribution in [0.2, 0.25) is 0 Å². The first-order valence-electron chi connectivity index (χ1n) is 9.78. The summed E-state index contributed by atoms with van der Waals surface area (Å²) in [6.45, 7) is 2.58. The van der Waals surface area contributed by atoms with Gasteiger partial charge in [0.05, 0.1) is 11.4 Å². The minimum absolute atomic E-state index is 0.0110. The standard InChI is InChI=1S/C20H28N4O3/c1-14-7-2-3-8-15(14)22-18(25)11-6-12-21-20(27)24-13-19(26)23-16-9-4-5-10-17(16)24/h4-5,9-10,14-15H,2-3,6-8,11-13H2,1H3,(H,21,27)(H,22,25)(H,23,26)/t14-,15-/m1/s1. The number of fused-ring (bicyclic) bond motifs is 1. The van der Waals surface area contributed by atoms with Crippen molar-refractivity contribution in [1.82, 2.24) is 10.6 Å². The van der Waals surface area contributed by atoms with E-state index in [1.807, 2.05) is 12.1 Å². The second-order valence-electron chi connectivity index (χ2n) is 7.42. The van der Waals surface area contributed by atoms with Crippen LogP contribution in [-0.4, -0.2) is 37.0 Å². The number of nitrogens with one attached hydrogen (secondary N) is 3. The predicted octanol–water partition coefficient (Wildman–Crippen LogP) is 2.63. The Morgan fingerprint density at radius 1 is 1.22 bits per heavy atom. The molecule has 0 radical (unpaired) electrons. The largest absolute Gasteiger partial charge is 0.353 e. The molecule has 1 aromatic carbocycles. The number of urea groups is 1. The van der Waals surface area contributed by atoms with E-state index in [1.165, 1.54) is 24.2 Å². The van der Waals surface area contributed by atoms with Crippen molar-refractivity contribution >= 4 is 29.2 Å². The van der Waals surface area contributed by atoms with Crippen LogP contribution in [0.4, 0.5) is 16.2 Å². The molecule has 4 amide bonds. The van der Waals surface area contributed by atoms with Gasteiger partial charge in [-0.15, -0.1) is 0 Å². The maximum absolute atomic E-state index is 12.4. The Morgan fingerprint density at radius 2 is 2.00 bits per heavy atom. The molecule has 3 N–H and O–H groups in total. The molecule has 0 spiro atoms. The molecule has 0 saturated heterocycles. The fourth-order valence-corrected chi connectivity index (χ4v) is 3.76. The number of carbonyl (C=O) groups is 3. The SMILES string of the molecule is C[C@@H]1CCCC[C@H]1NC(=O)CCCNC(=O)N1CC(=O)Nc2ccccc21. The van der Waals surface area contributed by atoms with E-state index in [0.717, 1.165) is 6.42 Å². The van der Waals surface area contributed by atoms with Crippen molar-refractivity contribution in [2.24, 2.45) is 5.92 Å². The molecule has 7 nitrogen and oxygen atoms in total. The summed E-state index contributed by atoms with van der Waals surface area (Å²) >= 11 is 0. The minimum Gasteiger partial charge on any atom is -0.353 e. The van der Waals surface area contributed by atoms with Gasteiger partial charge in [0.15, 0.2) is 0 Å². The monoisotopic (exact) mass is 372 g/mol. The number of amides is 4. The fourth-order valence-electron chi connectivity index (χ4n) is 3.76. The molecular formula is C20H28N4O3. The highest BCUT2D eigenvalue weighted by molar-refractivity contribution is 6.09. The molecule has 0 aromatic heterocycles. The Hall–Kier alpha value is -2.57. The van der Waals surface area contributed by atoms with E-state index < -0.39 is 0 Å². The molecule has 7 heteroatoms. The molecule has 27 heavy (non-hydrogen) atoms. The van der Waals surface area contributed by atoms with E-state index in [-0.39, 0.29) is 30.4 Å². The van der Waals surface area contributed by atoms with E-state index in [1.54, 1.807) is 12.1 Å². The van der Waals surface area contributed by atoms with E-state index in [9.17, 15) is 14.4 Å². The Labute approximate surface area is 159 Å². The molecule has 2 atom stereocenters. The summed E-state index contributed by atoms with van der Waals surface area (Å²) in [4.78, 5) is 37.8. The summed E-state index contributed by atoms with van der Waals surface area (Å²) in [6.07, 6.45) is 5.61. The maximum Gasteiger partial charge on any atom is 0.322 e. The Morgan fingerprint density at radius 3 is 2.81 bits per heavy atom. The quantitative estimate of drug-likeness (QED) is 0.694. The van der Waals surface area contributed by atoms with Crippen molar-refractivity contribution in [3.8, 4) is 0 Å². The molecule has 2 aliphatic rings. The smallest absolute Gasteiger partial charge is 0.322 e. The number of hydrogen-bond donors (Lipinski definition) is 3. The third-order valence-corrected chi connectivity index (χ3v) is 5.33. The normalized spacial score (nSPS) is 21.8.